The standard InChI is InChI=1S/C5H12N2O2/c1-3(6)4(7)2-5(8)9/h3-4H,2,6-7H2,1H3,(H,8,9)/t3-,4-/m0/s1. The Morgan fingerprint density at radius 2 is 2.11 bits per heavy atom. The summed E-state index contributed by atoms with van der Waals surface area (Å²) in [5, 5.41) is 8.20. The maximum Gasteiger partial charge on any atom is 0.304 e. The van der Waals surface area contributed by atoms with Gasteiger partial charge in [0.05, 0.1) is 6.42 Å². The number of nitrogens with two attached hydrogens (primary N) is 2. The zero-order valence-corrected chi connectivity index (χ0v) is 5.37. The SMILES string of the molecule is C[C@H](N)[C@@H](N)CC(=O)O. The summed E-state index contributed by atoms with van der Waals surface area (Å²) in [6, 6.07) is -0.677. The lowest BCUT2D eigenvalue weighted by atomic mass is 10.1. The van der Waals surface area contributed by atoms with Crippen molar-refractivity contribution >= 4 is 5.97 Å². The van der Waals surface area contributed by atoms with Gasteiger partial charge in [-0.1, -0.05) is 0 Å². The van der Waals surface area contributed by atoms with E-state index in [0.29, 0.717) is 0 Å². The van der Waals surface area contributed by atoms with Crippen molar-refractivity contribution in [1.29, 1.82) is 0 Å². The second-order valence-corrected chi connectivity index (χ2v) is 2.12. The fourth-order valence-corrected chi connectivity index (χ4v) is 0.388. The average molecular weight is 132 g/mol. The van der Waals surface area contributed by atoms with Crippen LogP contribution < -0.4 is 11.5 Å². The fourth-order valence-electron chi connectivity index (χ4n) is 0.388. The van der Waals surface area contributed by atoms with E-state index in [2.05, 4.69) is 0 Å². The van der Waals surface area contributed by atoms with Crippen LogP contribution in [0.15, 0.2) is 0 Å². The van der Waals surface area contributed by atoms with Crippen molar-refractivity contribution in [3.8, 4) is 0 Å². The van der Waals surface area contributed by atoms with Crippen LogP contribution in [0.25, 0.3) is 0 Å². The quantitative estimate of drug-likeness (QED) is 0.466. The van der Waals surface area contributed by atoms with Gasteiger partial charge in [0.25, 0.3) is 0 Å². The highest BCUT2D eigenvalue weighted by molar-refractivity contribution is 5.67. The Morgan fingerprint density at radius 1 is 1.67 bits per heavy atom. The van der Waals surface area contributed by atoms with Gasteiger partial charge in [0.15, 0.2) is 0 Å². The van der Waals surface area contributed by atoms with E-state index < -0.39 is 12.0 Å². The van der Waals surface area contributed by atoms with Crippen molar-refractivity contribution in [2.75, 3.05) is 0 Å². The molecule has 0 aromatic rings. The Kier molecular flexibility index (Phi) is 3.19. The second-order valence-electron chi connectivity index (χ2n) is 2.12. The Bertz CT molecular complexity index is 103. The zero-order valence-electron chi connectivity index (χ0n) is 5.37. The van der Waals surface area contributed by atoms with Gasteiger partial charge in [-0.05, 0) is 6.92 Å². The van der Waals surface area contributed by atoms with Gasteiger partial charge in [-0.25, -0.2) is 0 Å². The van der Waals surface area contributed by atoms with Crippen LogP contribution in [-0.4, -0.2) is 23.2 Å². The molecule has 0 rings (SSSR count). The molecule has 0 saturated heterocycles. The number of rotatable bonds is 3. The van der Waals surface area contributed by atoms with E-state index in [0.717, 1.165) is 0 Å². The molecular formula is C5H12N2O2. The third-order valence-electron chi connectivity index (χ3n) is 1.09. The molecule has 0 aliphatic rings. The molecule has 0 aliphatic heterocycles. The first-order valence-corrected chi connectivity index (χ1v) is 2.77. The molecule has 5 N–H and O–H groups in total. The molecule has 4 heteroatoms. The van der Waals surface area contributed by atoms with Crippen LogP contribution in [0.1, 0.15) is 13.3 Å². The molecule has 0 saturated carbocycles. The normalized spacial score (nSPS) is 16.8. The van der Waals surface area contributed by atoms with Crippen LogP contribution in [0.2, 0.25) is 0 Å². The molecule has 0 heterocycles. The van der Waals surface area contributed by atoms with Gasteiger partial charge in [0.2, 0.25) is 0 Å². The van der Waals surface area contributed by atoms with Gasteiger partial charge < -0.3 is 16.6 Å². The molecule has 0 unspecified atom stereocenters. The van der Waals surface area contributed by atoms with Gasteiger partial charge in [-0.2, -0.15) is 0 Å². The van der Waals surface area contributed by atoms with Crippen molar-refractivity contribution in [2.45, 2.75) is 25.4 Å². The summed E-state index contributed by atoms with van der Waals surface area (Å²) in [5.41, 5.74) is 10.6. The molecule has 54 valence electrons. The molecule has 0 amide bonds. The highest BCUT2D eigenvalue weighted by atomic mass is 16.4. The minimum absolute atomic E-state index is 0.0579. The molecule has 0 aromatic carbocycles. The summed E-state index contributed by atoms with van der Waals surface area (Å²) in [5.74, 6) is -0.903. The molecule has 4 nitrogen and oxygen atoms in total. The topological polar surface area (TPSA) is 89.3 Å². The first-order valence-electron chi connectivity index (χ1n) is 2.77. The van der Waals surface area contributed by atoms with E-state index in [1.807, 2.05) is 0 Å². The molecule has 0 aromatic heterocycles. The minimum Gasteiger partial charge on any atom is -0.481 e. The van der Waals surface area contributed by atoms with Crippen LogP contribution in [0.3, 0.4) is 0 Å². The Balaban J connectivity index is 3.50. The minimum atomic E-state index is -0.903. The molecule has 2 atom stereocenters. The van der Waals surface area contributed by atoms with Crippen LogP contribution in [-0.2, 0) is 4.79 Å². The van der Waals surface area contributed by atoms with E-state index in [4.69, 9.17) is 16.6 Å². The predicted octanol–water partition coefficient (Wildman–Crippen LogP) is -0.864. The van der Waals surface area contributed by atoms with Gasteiger partial charge in [0, 0.05) is 12.1 Å². The largest absolute Gasteiger partial charge is 0.481 e. The molecule has 0 radical (unpaired) electrons. The van der Waals surface area contributed by atoms with E-state index >= 15 is 0 Å². The second kappa shape index (κ2) is 3.42. The maximum atomic E-state index is 9.98. The number of carboxylic acids is 1. The van der Waals surface area contributed by atoms with Gasteiger partial charge in [0.1, 0.15) is 0 Å². The van der Waals surface area contributed by atoms with E-state index in [9.17, 15) is 4.79 Å². The van der Waals surface area contributed by atoms with Crippen LogP contribution in [0.5, 0.6) is 0 Å². The Morgan fingerprint density at radius 3 is 2.22 bits per heavy atom. The molecule has 0 aliphatic carbocycles. The molecule has 0 bridgehead atoms. The van der Waals surface area contributed by atoms with Crippen molar-refractivity contribution in [3.05, 3.63) is 0 Å². The van der Waals surface area contributed by atoms with Crippen LogP contribution >= 0.6 is 0 Å². The fraction of sp³-hybridized carbons (Fsp3) is 0.800. The van der Waals surface area contributed by atoms with Gasteiger partial charge >= 0.3 is 5.97 Å². The molecular weight excluding hydrogens is 120 g/mol. The Hall–Kier alpha value is -0.610. The number of carbonyl (C=O) groups is 1. The average Bonchev–Trinajstić information content (AvgIpc) is 1.63. The number of hydrogen-bond acceptors (Lipinski definition) is 3. The summed E-state index contributed by atoms with van der Waals surface area (Å²) in [6.07, 6.45) is -0.0579. The lowest BCUT2D eigenvalue weighted by Gasteiger charge is -2.11. The summed E-state index contributed by atoms with van der Waals surface area (Å²) in [4.78, 5) is 9.98. The first kappa shape index (κ1) is 8.39. The van der Waals surface area contributed by atoms with Crippen molar-refractivity contribution in [2.24, 2.45) is 11.5 Å². The highest BCUT2D eigenvalue weighted by Gasteiger charge is 2.11. The lowest BCUT2D eigenvalue weighted by Crippen LogP contribution is -2.40. The summed E-state index contributed by atoms with van der Waals surface area (Å²) >= 11 is 0. The van der Waals surface area contributed by atoms with Crippen LogP contribution in [0, 0.1) is 0 Å². The maximum absolute atomic E-state index is 9.98. The number of aliphatic carboxylic acids is 1. The van der Waals surface area contributed by atoms with E-state index in [-0.39, 0.29) is 12.5 Å². The first-order chi connectivity index (χ1) is 4.04. The predicted molar refractivity (Wildman–Crippen MR) is 33.9 cm³/mol. The van der Waals surface area contributed by atoms with E-state index in [1.54, 1.807) is 6.92 Å². The molecule has 0 fully saturated rings. The van der Waals surface area contributed by atoms with Gasteiger partial charge in [-0.3, -0.25) is 4.79 Å². The Labute approximate surface area is 53.8 Å². The summed E-state index contributed by atoms with van der Waals surface area (Å²) in [6.45, 7) is 1.69. The molecule has 9 heavy (non-hydrogen) atoms. The van der Waals surface area contributed by atoms with Crippen molar-refractivity contribution < 1.29 is 9.90 Å². The monoisotopic (exact) mass is 132 g/mol. The van der Waals surface area contributed by atoms with Gasteiger partial charge in [-0.15, -0.1) is 0 Å². The molecule has 0 spiro atoms. The smallest absolute Gasteiger partial charge is 0.304 e. The number of hydrogen-bond donors (Lipinski definition) is 3. The van der Waals surface area contributed by atoms with E-state index in [1.165, 1.54) is 0 Å². The number of carboxylic acid groups (broad SMARTS) is 1. The highest BCUT2D eigenvalue weighted by Crippen LogP contribution is 1.90. The van der Waals surface area contributed by atoms with Crippen molar-refractivity contribution in [1.82, 2.24) is 0 Å². The summed E-state index contributed by atoms with van der Waals surface area (Å²) in [7, 11) is 0. The zero-order chi connectivity index (χ0) is 7.44. The third-order valence-corrected chi connectivity index (χ3v) is 1.09. The van der Waals surface area contributed by atoms with Crippen LogP contribution in [0.4, 0.5) is 0 Å². The van der Waals surface area contributed by atoms with Crippen molar-refractivity contribution in [3.63, 3.8) is 0 Å². The summed E-state index contributed by atoms with van der Waals surface area (Å²) < 4.78 is 0. The third kappa shape index (κ3) is 3.93. The lowest BCUT2D eigenvalue weighted by molar-refractivity contribution is -0.137.